The summed E-state index contributed by atoms with van der Waals surface area (Å²) in [6.45, 7) is 1.70. The summed E-state index contributed by atoms with van der Waals surface area (Å²) in [7, 11) is -9.86. The minimum atomic E-state index is -6.21. The van der Waals surface area contributed by atoms with E-state index in [0.29, 0.717) is 11.1 Å². The van der Waals surface area contributed by atoms with Gasteiger partial charge < -0.3 is 4.74 Å². The van der Waals surface area contributed by atoms with E-state index in [0.717, 1.165) is 0 Å². The van der Waals surface area contributed by atoms with E-state index < -0.39 is 42.1 Å². The summed E-state index contributed by atoms with van der Waals surface area (Å²) in [5.74, 6) is 0. The lowest BCUT2D eigenvalue weighted by molar-refractivity contribution is -0.0439. The number of sulfone groups is 1. The maximum Gasteiger partial charge on any atom is 0.503 e. The lowest BCUT2D eigenvalue weighted by atomic mass is 10.0. The molecule has 0 aliphatic heterocycles. The van der Waals surface area contributed by atoms with Crippen molar-refractivity contribution in [3.05, 3.63) is 94.5 Å². The second-order valence-corrected chi connectivity index (χ2v) is 12.0. The lowest BCUT2D eigenvalue weighted by Crippen LogP contribution is -2.29. The third-order valence-corrected chi connectivity index (χ3v) is 9.20. The molecule has 0 saturated carbocycles. The largest absolute Gasteiger partial charge is 0.503 e. The number of fused-ring (bicyclic) bond motifs is 1. The SMILES string of the molecule is COC(c1ccccc1)c1c(S(=O)(=O)C(F)(F)F)n(S(=O)(=O)c2ccc(C)cc2)c2ccc(Cl)cc12. The molecule has 4 rings (SSSR count). The van der Waals surface area contributed by atoms with E-state index in [2.05, 4.69) is 0 Å². The van der Waals surface area contributed by atoms with Gasteiger partial charge in [-0.1, -0.05) is 59.6 Å². The molecular formula is C24H19ClF3NO5S2. The monoisotopic (exact) mass is 557 g/mol. The van der Waals surface area contributed by atoms with Crippen LogP contribution in [-0.2, 0) is 24.6 Å². The van der Waals surface area contributed by atoms with Crippen LogP contribution in [0.15, 0.2) is 82.7 Å². The van der Waals surface area contributed by atoms with E-state index in [1.807, 2.05) is 0 Å². The summed E-state index contributed by atoms with van der Waals surface area (Å²) < 4.78 is 101. The van der Waals surface area contributed by atoms with Crippen molar-refractivity contribution in [3.8, 4) is 0 Å². The molecule has 0 N–H and O–H groups in total. The normalized spacial score (nSPS) is 13.7. The summed E-state index contributed by atoms with van der Waals surface area (Å²) >= 11 is 6.13. The van der Waals surface area contributed by atoms with E-state index in [1.54, 1.807) is 25.1 Å². The number of halogens is 4. The zero-order chi connectivity index (χ0) is 26.5. The molecule has 0 saturated heterocycles. The Morgan fingerprint density at radius 1 is 0.917 bits per heavy atom. The average molecular weight is 558 g/mol. The number of methoxy groups -OCH3 is 1. The average Bonchev–Trinajstić information content (AvgIpc) is 3.15. The van der Waals surface area contributed by atoms with Crippen LogP contribution in [0.5, 0.6) is 0 Å². The first-order valence-corrected chi connectivity index (χ1v) is 13.7. The maximum atomic E-state index is 14.0. The first kappa shape index (κ1) is 26.2. The maximum absolute atomic E-state index is 14.0. The van der Waals surface area contributed by atoms with Gasteiger partial charge in [-0.25, -0.2) is 20.8 Å². The van der Waals surface area contributed by atoms with Gasteiger partial charge in [-0.15, -0.1) is 0 Å². The summed E-state index contributed by atoms with van der Waals surface area (Å²) in [5, 5.41) is -1.51. The molecule has 0 bridgehead atoms. The Morgan fingerprint density at radius 2 is 1.53 bits per heavy atom. The fraction of sp³-hybridized carbons (Fsp3) is 0.167. The molecule has 190 valence electrons. The van der Waals surface area contributed by atoms with Crippen molar-refractivity contribution in [2.75, 3.05) is 7.11 Å². The van der Waals surface area contributed by atoms with Gasteiger partial charge in [-0.05, 0) is 42.8 Å². The van der Waals surface area contributed by atoms with Gasteiger partial charge in [0, 0.05) is 23.1 Å². The van der Waals surface area contributed by atoms with Gasteiger partial charge in [0.1, 0.15) is 6.10 Å². The lowest BCUT2D eigenvalue weighted by Gasteiger charge is -2.20. The molecule has 0 amide bonds. The minimum Gasteiger partial charge on any atom is -0.372 e. The fourth-order valence-electron chi connectivity index (χ4n) is 3.95. The van der Waals surface area contributed by atoms with Crippen molar-refractivity contribution < 1.29 is 34.7 Å². The Labute approximate surface area is 210 Å². The molecule has 1 unspecified atom stereocenters. The van der Waals surface area contributed by atoms with Gasteiger partial charge in [0.05, 0.1) is 10.4 Å². The van der Waals surface area contributed by atoms with Gasteiger partial charge >= 0.3 is 5.51 Å². The highest BCUT2D eigenvalue weighted by atomic mass is 35.5. The molecule has 0 fully saturated rings. The predicted octanol–water partition coefficient (Wildman–Crippen LogP) is 5.87. The van der Waals surface area contributed by atoms with Crippen molar-refractivity contribution >= 4 is 42.4 Å². The van der Waals surface area contributed by atoms with Crippen LogP contribution in [0, 0.1) is 6.92 Å². The molecule has 1 heterocycles. The molecule has 0 aliphatic carbocycles. The zero-order valence-electron chi connectivity index (χ0n) is 18.8. The summed E-state index contributed by atoms with van der Waals surface area (Å²) in [6, 6.07) is 16.9. The highest BCUT2D eigenvalue weighted by Crippen LogP contribution is 2.45. The summed E-state index contributed by atoms with van der Waals surface area (Å²) in [5.41, 5.74) is -5.59. The van der Waals surface area contributed by atoms with Crippen LogP contribution in [0.25, 0.3) is 10.9 Å². The number of aryl methyl sites for hydroxylation is 1. The molecule has 3 aromatic carbocycles. The van der Waals surface area contributed by atoms with Crippen LogP contribution < -0.4 is 0 Å². The minimum absolute atomic E-state index is 0.0625. The predicted molar refractivity (Wildman–Crippen MR) is 129 cm³/mol. The Balaban J connectivity index is 2.25. The van der Waals surface area contributed by atoms with Crippen molar-refractivity contribution in [2.45, 2.75) is 28.5 Å². The van der Waals surface area contributed by atoms with E-state index >= 15 is 0 Å². The molecule has 36 heavy (non-hydrogen) atoms. The highest BCUT2D eigenvalue weighted by molar-refractivity contribution is 7.94. The molecule has 0 radical (unpaired) electrons. The molecular weight excluding hydrogens is 539 g/mol. The number of hydrogen-bond acceptors (Lipinski definition) is 5. The van der Waals surface area contributed by atoms with Crippen LogP contribution in [0.3, 0.4) is 0 Å². The number of alkyl halides is 3. The number of aromatic nitrogens is 1. The molecule has 6 nitrogen and oxygen atoms in total. The Morgan fingerprint density at radius 3 is 2.08 bits per heavy atom. The van der Waals surface area contributed by atoms with Crippen LogP contribution in [0.4, 0.5) is 13.2 Å². The number of benzene rings is 3. The number of hydrogen-bond donors (Lipinski definition) is 0. The molecule has 1 aromatic heterocycles. The second-order valence-electron chi connectivity index (χ2n) is 7.94. The topological polar surface area (TPSA) is 82.4 Å². The molecule has 0 aliphatic rings. The number of rotatable bonds is 6. The van der Waals surface area contributed by atoms with Crippen LogP contribution in [0.2, 0.25) is 5.02 Å². The summed E-state index contributed by atoms with van der Waals surface area (Å²) in [4.78, 5) is -0.390. The van der Waals surface area contributed by atoms with Crippen LogP contribution in [0.1, 0.15) is 22.8 Å². The molecule has 0 spiro atoms. The molecule has 4 aromatic rings. The molecule has 12 heteroatoms. The van der Waals surface area contributed by atoms with Crippen molar-refractivity contribution in [3.63, 3.8) is 0 Å². The number of nitrogens with zero attached hydrogens (tertiary/aromatic N) is 1. The third kappa shape index (κ3) is 4.30. The third-order valence-electron chi connectivity index (χ3n) is 5.60. The zero-order valence-corrected chi connectivity index (χ0v) is 21.2. The quantitative estimate of drug-likeness (QED) is 0.296. The second kappa shape index (κ2) is 9.22. The highest BCUT2D eigenvalue weighted by Gasteiger charge is 2.52. The van der Waals surface area contributed by atoms with Crippen LogP contribution >= 0.6 is 11.6 Å². The number of ether oxygens (including phenoxy) is 1. The van der Waals surface area contributed by atoms with Crippen LogP contribution in [-0.4, -0.2) is 33.4 Å². The van der Waals surface area contributed by atoms with Gasteiger partial charge in [-0.3, -0.25) is 0 Å². The Kier molecular flexibility index (Phi) is 6.71. The smallest absolute Gasteiger partial charge is 0.372 e. The molecule has 1 atom stereocenters. The summed E-state index contributed by atoms with van der Waals surface area (Å²) in [6.07, 6.45) is -1.37. The Bertz CT molecular complexity index is 1650. The van der Waals surface area contributed by atoms with Gasteiger partial charge in [0.2, 0.25) is 0 Å². The van der Waals surface area contributed by atoms with Gasteiger partial charge in [-0.2, -0.15) is 13.2 Å². The van der Waals surface area contributed by atoms with Crippen molar-refractivity contribution in [1.82, 2.24) is 3.97 Å². The van der Waals surface area contributed by atoms with Crippen molar-refractivity contribution in [2.24, 2.45) is 0 Å². The fourth-order valence-corrected chi connectivity index (χ4v) is 7.18. The van der Waals surface area contributed by atoms with Crippen molar-refractivity contribution in [1.29, 1.82) is 0 Å². The van der Waals surface area contributed by atoms with E-state index in [1.165, 1.54) is 61.7 Å². The van der Waals surface area contributed by atoms with E-state index in [9.17, 15) is 30.0 Å². The van der Waals surface area contributed by atoms with E-state index in [-0.39, 0.29) is 24.8 Å². The van der Waals surface area contributed by atoms with Gasteiger partial charge in [0.15, 0.2) is 5.03 Å². The Hall–Kier alpha value is -2.86. The first-order valence-electron chi connectivity index (χ1n) is 10.4. The van der Waals surface area contributed by atoms with Gasteiger partial charge in [0.25, 0.3) is 19.9 Å². The standard InChI is InChI=1S/C24H19ClF3NO5S2/c1-15-8-11-18(12-9-15)36(32,33)29-20-13-10-17(25)14-19(20)21(23(29)35(30,31)24(26,27)28)22(34-2)16-6-4-3-5-7-16/h3-14,22H,1-2H3. The van der Waals surface area contributed by atoms with E-state index in [4.69, 9.17) is 16.3 Å². The first-order chi connectivity index (χ1) is 16.8.